The summed E-state index contributed by atoms with van der Waals surface area (Å²) in [6.07, 6.45) is 2.14. The summed E-state index contributed by atoms with van der Waals surface area (Å²) in [7, 11) is 0. The largest absolute Gasteiger partial charge is 0.480 e. The van der Waals surface area contributed by atoms with E-state index in [0.29, 0.717) is 17.7 Å². The average Bonchev–Trinajstić information content (AvgIpc) is 2.93. The lowest BCUT2D eigenvalue weighted by Crippen LogP contribution is -2.45. The lowest BCUT2D eigenvalue weighted by atomic mass is 9.99. The Balaban J connectivity index is 2.27. The third-order valence-electron chi connectivity index (χ3n) is 4.27. The summed E-state index contributed by atoms with van der Waals surface area (Å²) in [6, 6.07) is 6.88. The minimum absolute atomic E-state index is 0.154. The number of carbonyl (C=O) groups is 2. The zero-order valence-electron chi connectivity index (χ0n) is 14.4. The van der Waals surface area contributed by atoms with Gasteiger partial charge < -0.3 is 10.4 Å². The van der Waals surface area contributed by atoms with Gasteiger partial charge >= 0.3 is 5.97 Å². The van der Waals surface area contributed by atoms with Gasteiger partial charge in [-0.15, -0.1) is 0 Å². The van der Waals surface area contributed by atoms with E-state index in [9.17, 15) is 14.7 Å². The number of nitrogens with one attached hydrogen (secondary N) is 1. The van der Waals surface area contributed by atoms with Crippen LogP contribution in [0.25, 0.3) is 5.69 Å². The highest BCUT2D eigenvalue weighted by molar-refractivity contribution is 5.97. The Bertz CT molecular complexity index is 752. The fourth-order valence-electron chi connectivity index (χ4n) is 2.55. The smallest absolute Gasteiger partial charge is 0.326 e. The second-order valence-corrected chi connectivity index (χ2v) is 6.07. The van der Waals surface area contributed by atoms with Gasteiger partial charge in [-0.1, -0.05) is 32.4 Å². The minimum atomic E-state index is -1.03. The molecule has 1 heterocycles. The number of carbonyl (C=O) groups excluding carboxylic acids is 1. The number of hydrogen-bond donors (Lipinski definition) is 2. The number of carboxylic acid groups (broad SMARTS) is 1. The van der Waals surface area contributed by atoms with Crippen LogP contribution in [-0.2, 0) is 4.79 Å². The van der Waals surface area contributed by atoms with E-state index in [1.165, 1.54) is 6.20 Å². The van der Waals surface area contributed by atoms with E-state index >= 15 is 0 Å². The molecule has 2 atom stereocenters. The van der Waals surface area contributed by atoms with Gasteiger partial charge in [-0.3, -0.25) is 4.79 Å². The second-order valence-electron chi connectivity index (χ2n) is 6.07. The van der Waals surface area contributed by atoms with Gasteiger partial charge in [0, 0.05) is 0 Å². The van der Waals surface area contributed by atoms with Gasteiger partial charge in [0.15, 0.2) is 0 Å². The molecule has 0 unspecified atom stereocenters. The Morgan fingerprint density at radius 2 is 2.04 bits per heavy atom. The Labute approximate surface area is 141 Å². The molecule has 0 radical (unpaired) electrons. The van der Waals surface area contributed by atoms with Crippen molar-refractivity contribution < 1.29 is 14.7 Å². The zero-order valence-corrected chi connectivity index (χ0v) is 14.4. The molecule has 0 saturated heterocycles. The first-order valence-corrected chi connectivity index (χ1v) is 8.00. The normalized spacial score (nSPS) is 13.3. The summed E-state index contributed by atoms with van der Waals surface area (Å²) in [5.41, 5.74) is 3.01. The molecule has 1 aromatic heterocycles. The molecule has 2 rings (SSSR count). The Morgan fingerprint density at radius 3 is 2.62 bits per heavy atom. The number of rotatable bonds is 6. The molecular formula is C18H23N3O3. The number of aromatic nitrogens is 2. The fraction of sp³-hybridized carbons (Fsp3) is 0.389. The van der Waals surface area contributed by atoms with E-state index in [4.69, 9.17) is 0 Å². The molecule has 2 N–H and O–H groups in total. The van der Waals surface area contributed by atoms with Crippen LogP contribution in [0.1, 0.15) is 41.9 Å². The van der Waals surface area contributed by atoms with Crippen molar-refractivity contribution in [3.63, 3.8) is 0 Å². The van der Waals surface area contributed by atoms with Crippen molar-refractivity contribution in [3.8, 4) is 5.69 Å². The number of hydrogen-bond acceptors (Lipinski definition) is 3. The van der Waals surface area contributed by atoms with E-state index in [1.807, 2.05) is 45.0 Å². The first-order chi connectivity index (χ1) is 11.3. The number of amides is 1. The summed E-state index contributed by atoms with van der Waals surface area (Å²) in [6.45, 7) is 7.48. The molecule has 6 nitrogen and oxygen atoms in total. The number of nitrogens with zero attached hydrogens (tertiary/aromatic N) is 2. The van der Waals surface area contributed by atoms with Gasteiger partial charge in [-0.05, 0) is 37.5 Å². The summed E-state index contributed by atoms with van der Waals surface area (Å²) in [5.74, 6) is -1.60. The highest BCUT2D eigenvalue weighted by atomic mass is 16.4. The molecule has 0 aliphatic heterocycles. The van der Waals surface area contributed by atoms with E-state index < -0.39 is 17.9 Å². The van der Waals surface area contributed by atoms with E-state index in [0.717, 1.165) is 11.3 Å². The van der Waals surface area contributed by atoms with Crippen molar-refractivity contribution >= 4 is 11.9 Å². The van der Waals surface area contributed by atoms with Gasteiger partial charge in [-0.2, -0.15) is 5.10 Å². The third-order valence-corrected chi connectivity index (χ3v) is 4.27. The summed E-state index contributed by atoms with van der Waals surface area (Å²) < 4.78 is 1.68. The standard InChI is InChI=1S/C18H23N3O3/c1-5-12(3)16(18(23)24)20-17(22)15-10-19-21(13(15)4)14-8-6-7-11(2)9-14/h6-10,12,16H,5H2,1-4H3,(H,20,22)(H,23,24)/t12-,16-/m0/s1. The topological polar surface area (TPSA) is 84.2 Å². The molecule has 2 aromatic rings. The van der Waals surface area contributed by atoms with E-state index in [-0.39, 0.29) is 5.92 Å². The van der Waals surface area contributed by atoms with Crippen LogP contribution in [0.3, 0.4) is 0 Å². The maximum Gasteiger partial charge on any atom is 0.326 e. The van der Waals surface area contributed by atoms with Gasteiger partial charge in [0.2, 0.25) is 0 Å². The third kappa shape index (κ3) is 3.64. The number of carboxylic acids is 1. The maximum absolute atomic E-state index is 12.5. The maximum atomic E-state index is 12.5. The van der Waals surface area contributed by atoms with Crippen LogP contribution in [0.5, 0.6) is 0 Å². The van der Waals surface area contributed by atoms with Gasteiger partial charge in [0.25, 0.3) is 5.91 Å². The summed E-state index contributed by atoms with van der Waals surface area (Å²) in [4.78, 5) is 23.9. The number of aryl methyl sites for hydroxylation is 1. The van der Waals surface area contributed by atoms with Gasteiger partial charge in [0.05, 0.1) is 23.1 Å². The van der Waals surface area contributed by atoms with Crippen molar-refractivity contribution in [1.29, 1.82) is 0 Å². The van der Waals surface area contributed by atoms with Gasteiger partial charge in [-0.25, -0.2) is 9.48 Å². The fourth-order valence-corrected chi connectivity index (χ4v) is 2.55. The molecule has 24 heavy (non-hydrogen) atoms. The molecule has 6 heteroatoms. The first kappa shape index (κ1) is 17.7. The molecule has 1 amide bonds. The SMILES string of the molecule is CC[C@H](C)[C@H](NC(=O)c1cnn(-c2cccc(C)c2)c1C)C(=O)O. The number of benzene rings is 1. The number of aliphatic carboxylic acids is 1. The molecule has 0 aliphatic rings. The first-order valence-electron chi connectivity index (χ1n) is 8.00. The Kier molecular flexibility index (Phi) is 5.39. The van der Waals surface area contributed by atoms with Crippen LogP contribution in [0.2, 0.25) is 0 Å². The second kappa shape index (κ2) is 7.29. The lowest BCUT2D eigenvalue weighted by Gasteiger charge is -2.20. The van der Waals surface area contributed by atoms with Crippen molar-refractivity contribution in [3.05, 3.63) is 47.3 Å². The van der Waals surface area contributed by atoms with E-state index in [2.05, 4.69) is 10.4 Å². The average molecular weight is 329 g/mol. The van der Waals surface area contributed by atoms with Crippen molar-refractivity contribution in [2.45, 2.75) is 40.2 Å². The van der Waals surface area contributed by atoms with Crippen molar-refractivity contribution in [1.82, 2.24) is 15.1 Å². The molecule has 0 fully saturated rings. The summed E-state index contributed by atoms with van der Waals surface area (Å²) >= 11 is 0. The molecule has 0 bridgehead atoms. The van der Waals surface area contributed by atoms with Crippen LogP contribution < -0.4 is 5.32 Å². The van der Waals surface area contributed by atoms with Crippen LogP contribution in [0.4, 0.5) is 0 Å². The monoisotopic (exact) mass is 329 g/mol. The van der Waals surface area contributed by atoms with Gasteiger partial charge in [0.1, 0.15) is 6.04 Å². The minimum Gasteiger partial charge on any atom is -0.480 e. The van der Waals surface area contributed by atoms with Crippen LogP contribution >= 0.6 is 0 Å². The lowest BCUT2D eigenvalue weighted by molar-refractivity contribution is -0.140. The predicted octanol–water partition coefficient (Wildman–Crippen LogP) is 2.72. The highest BCUT2D eigenvalue weighted by Crippen LogP contribution is 2.16. The summed E-state index contributed by atoms with van der Waals surface area (Å²) in [5, 5.41) is 16.2. The Hall–Kier alpha value is -2.63. The van der Waals surface area contributed by atoms with Crippen LogP contribution in [-0.4, -0.2) is 32.8 Å². The molecule has 0 spiro atoms. The molecule has 1 aromatic carbocycles. The Morgan fingerprint density at radius 1 is 1.33 bits per heavy atom. The predicted molar refractivity (Wildman–Crippen MR) is 91.4 cm³/mol. The van der Waals surface area contributed by atoms with Crippen LogP contribution in [0.15, 0.2) is 30.5 Å². The molecule has 0 saturated carbocycles. The quantitative estimate of drug-likeness (QED) is 0.853. The highest BCUT2D eigenvalue weighted by Gasteiger charge is 2.27. The van der Waals surface area contributed by atoms with E-state index in [1.54, 1.807) is 11.6 Å². The van der Waals surface area contributed by atoms with Crippen molar-refractivity contribution in [2.75, 3.05) is 0 Å². The van der Waals surface area contributed by atoms with Crippen molar-refractivity contribution in [2.24, 2.45) is 5.92 Å². The molecule has 0 aliphatic carbocycles. The zero-order chi connectivity index (χ0) is 17.9. The molecule has 128 valence electrons. The van der Waals surface area contributed by atoms with Crippen LogP contribution in [0, 0.1) is 19.8 Å². The molecular weight excluding hydrogens is 306 g/mol.